The Hall–Kier alpha value is -3.17. The molecule has 3 aromatic carbocycles. The fourth-order valence-electron chi connectivity index (χ4n) is 4.49. The van der Waals surface area contributed by atoms with Crippen molar-refractivity contribution in [2.45, 2.75) is 44.4 Å². The van der Waals surface area contributed by atoms with E-state index in [4.69, 9.17) is 0 Å². The summed E-state index contributed by atoms with van der Waals surface area (Å²) in [5.74, 6) is -0.471. The van der Waals surface area contributed by atoms with Gasteiger partial charge >= 0.3 is 6.18 Å². The van der Waals surface area contributed by atoms with E-state index in [2.05, 4.69) is 0 Å². The lowest BCUT2D eigenvalue weighted by Crippen LogP contribution is -2.48. The van der Waals surface area contributed by atoms with Crippen LogP contribution in [0.3, 0.4) is 0 Å². The van der Waals surface area contributed by atoms with Crippen molar-refractivity contribution >= 4 is 20.9 Å². The molecule has 4 nitrogen and oxygen atoms in total. The van der Waals surface area contributed by atoms with E-state index in [1.54, 1.807) is 63.2 Å². The third-order valence-corrected chi connectivity index (χ3v) is 7.66. The highest BCUT2D eigenvalue weighted by Crippen LogP contribution is 2.32. The van der Waals surface area contributed by atoms with Gasteiger partial charge in [-0.05, 0) is 73.9 Å². The Bertz CT molecular complexity index is 1470. The zero-order valence-electron chi connectivity index (χ0n) is 19.3. The van der Waals surface area contributed by atoms with E-state index in [1.807, 2.05) is 4.72 Å². The number of nitrogens with one attached hydrogen (secondary N) is 1. The number of sulfonamides is 1. The molecule has 0 saturated heterocycles. The summed E-state index contributed by atoms with van der Waals surface area (Å²) in [5.41, 5.74) is 2.99. The lowest BCUT2D eigenvalue weighted by molar-refractivity contribution is -0.153. The van der Waals surface area contributed by atoms with E-state index >= 15 is 0 Å². The number of hydrogen-bond acceptors (Lipinski definition) is 2. The number of aromatic nitrogens is 1. The Morgan fingerprint density at radius 1 is 0.914 bits per heavy atom. The van der Waals surface area contributed by atoms with Crippen molar-refractivity contribution in [2.75, 3.05) is 0 Å². The van der Waals surface area contributed by atoms with Crippen LogP contribution in [0.1, 0.15) is 16.7 Å². The number of nitrogens with zero attached hydrogens (tertiary/aromatic N) is 1. The number of alkyl halides is 3. The SMILES string of the molecule is Cc1cc(C)c(S(=O)(=O)NC(Cn2c(-c3ccc(F)cc3)cc3ccccc32)C(F)(F)F)c(C)c1. The van der Waals surface area contributed by atoms with Gasteiger partial charge in [0.15, 0.2) is 0 Å². The molecule has 0 aliphatic carbocycles. The van der Waals surface area contributed by atoms with E-state index < -0.39 is 34.6 Å². The van der Waals surface area contributed by atoms with Crippen LogP contribution in [0.5, 0.6) is 0 Å². The second-order valence-corrected chi connectivity index (χ2v) is 10.3. The van der Waals surface area contributed by atoms with Crippen molar-refractivity contribution in [3.8, 4) is 11.3 Å². The second-order valence-electron chi connectivity index (χ2n) is 8.65. The lowest BCUT2D eigenvalue weighted by atomic mass is 10.1. The number of benzene rings is 3. The standard InChI is InChI=1S/C26H24F4N2O2S/c1-16-12-17(2)25(18(3)13-16)35(33,34)31-24(26(28,29)30)15-32-22-7-5-4-6-20(22)14-23(32)19-8-10-21(27)11-9-19/h4-14,24,31H,15H2,1-3H3. The number of halogens is 4. The molecule has 9 heteroatoms. The molecule has 0 aliphatic heterocycles. The van der Waals surface area contributed by atoms with Crippen LogP contribution in [-0.2, 0) is 16.6 Å². The first-order valence-corrected chi connectivity index (χ1v) is 12.4. The summed E-state index contributed by atoms with van der Waals surface area (Å²) >= 11 is 0. The second kappa shape index (κ2) is 9.13. The zero-order chi connectivity index (χ0) is 25.5. The molecule has 0 bridgehead atoms. The lowest BCUT2D eigenvalue weighted by Gasteiger charge is -2.25. The van der Waals surface area contributed by atoms with E-state index in [0.717, 1.165) is 5.56 Å². The molecule has 0 saturated carbocycles. The maximum absolute atomic E-state index is 14.2. The summed E-state index contributed by atoms with van der Waals surface area (Å²) in [6.45, 7) is 4.20. The van der Waals surface area contributed by atoms with E-state index in [1.165, 1.54) is 28.8 Å². The normalized spacial score (nSPS) is 13.3. The molecule has 0 aliphatic rings. The molecular formula is C26H24F4N2O2S. The van der Waals surface area contributed by atoms with Crippen LogP contribution < -0.4 is 4.72 Å². The smallest absolute Gasteiger partial charge is 0.339 e. The fraction of sp³-hybridized carbons (Fsp3) is 0.231. The molecule has 35 heavy (non-hydrogen) atoms. The molecule has 1 unspecified atom stereocenters. The van der Waals surface area contributed by atoms with Gasteiger partial charge in [0, 0.05) is 23.1 Å². The third kappa shape index (κ3) is 5.11. The summed E-state index contributed by atoms with van der Waals surface area (Å²) in [6, 6.07) is 14.8. The van der Waals surface area contributed by atoms with Crippen LogP contribution in [0.15, 0.2) is 71.6 Å². The highest BCUT2D eigenvalue weighted by atomic mass is 32.2. The van der Waals surface area contributed by atoms with Crippen LogP contribution >= 0.6 is 0 Å². The number of para-hydroxylation sites is 1. The van der Waals surface area contributed by atoms with Gasteiger partial charge in [-0.3, -0.25) is 0 Å². The molecule has 0 radical (unpaired) electrons. The predicted molar refractivity (Wildman–Crippen MR) is 128 cm³/mol. The van der Waals surface area contributed by atoms with E-state index in [-0.39, 0.29) is 4.90 Å². The Balaban J connectivity index is 1.80. The fourth-order valence-corrected chi connectivity index (χ4v) is 6.16. The van der Waals surface area contributed by atoms with Crippen LogP contribution in [-0.4, -0.2) is 25.2 Å². The minimum Gasteiger partial charge on any atom is -0.339 e. The highest BCUT2D eigenvalue weighted by Gasteiger charge is 2.43. The predicted octanol–water partition coefficient (Wildman–Crippen LogP) is 6.28. The van der Waals surface area contributed by atoms with Gasteiger partial charge in [0.25, 0.3) is 0 Å². The first-order valence-electron chi connectivity index (χ1n) is 10.9. The molecular weight excluding hydrogens is 480 g/mol. The van der Waals surface area contributed by atoms with Crippen LogP contribution in [0.25, 0.3) is 22.2 Å². The molecule has 184 valence electrons. The summed E-state index contributed by atoms with van der Waals surface area (Å²) in [7, 11) is -4.49. The van der Waals surface area contributed by atoms with Crippen molar-refractivity contribution in [3.05, 3.63) is 89.2 Å². The van der Waals surface area contributed by atoms with E-state index in [9.17, 15) is 26.0 Å². The van der Waals surface area contributed by atoms with Gasteiger partial charge in [0.2, 0.25) is 10.0 Å². The quantitative estimate of drug-likeness (QED) is 0.314. The van der Waals surface area contributed by atoms with Crippen LogP contribution in [0.4, 0.5) is 17.6 Å². The van der Waals surface area contributed by atoms with Crippen molar-refractivity contribution in [3.63, 3.8) is 0 Å². The number of aryl methyl sites for hydroxylation is 3. The molecule has 1 atom stereocenters. The number of fused-ring (bicyclic) bond motifs is 1. The molecule has 1 aromatic heterocycles. The maximum Gasteiger partial charge on any atom is 0.406 e. The van der Waals surface area contributed by atoms with Gasteiger partial charge in [-0.15, -0.1) is 0 Å². The zero-order valence-corrected chi connectivity index (χ0v) is 20.1. The Kier molecular flexibility index (Phi) is 6.50. The molecule has 1 heterocycles. The minimum atomic E-state index is -4.87. The molecule has 0 fully saturated rings. The van der Waals surface area contributed by atoms with Gasteiger partial charge in [-0.1, -0.05) is 35.9 Å². The molecule has 1 N–H and O–H groups in total. The van der Waals surface area contributed by atoms with Crippen LogP contribution in [0.2, 0.25) is 0 Å². The molecule has 0 amide bonds. The van der Waals surface area contributed by atoms with Gasteiger partial charge in [0.05, 0.1) is 4.90 Å². The number of hydrogen-bond donors (Lipinski definition) is 1. The van der Waals surface area contributed by atoms with Crippen molar-refractivity contribution in [1.29, 1.82) is 0 Å². The van der Waals surface area contributed by atoms with Crippen LogP contribution in [0, 0.1) is 26.6 Å². The highest BCUT2D eigenvalue weighted by molar-refractivity contribution is 7.89. The Morgan fingerprint density at radius 3 is 2.11 bits per heavy atom. The van der Waals surface area contributed by atoms with Gasteiger partial charge < -0.3 is 4.57 Å². The number of rotatable bonds is 6. The molecule has 4 aromatic rings. The average Bonchev–Trinajstić information content (AvgIpc) is 3.10. The van der Waals surface area contributed by atoms with Crippen molar-refractivity contribution in [1.82, 2.24) is 9.29 Å². The monoisotopic (exact) mass is 504 g/mol. The van der Waals surface area contributed by atoms with E-state index in [0.29, 0.717) is 33.3 Å². The van der Waals surface area contributed by atoms with Gasteiger partial charge in [-0.2, -0.15) is 17.9 Å². The Labute approximate surface area is 201 Å². The van der Waals surface area contributed by atoms with Gasteiger partial charge in [0.1, 0.15) is 11.9 Å². The topological polar surface area (TPSA) is 51.1 Å². The molecule has 0 spiro atoms. The van der Waals surface area contributed by atoms with Crippen molar-refractivity contribution in [2.24, 2.45) is 0 Å². The summed E-state index contributed by atoms with van der Waals surface area (Å²) < 4.78 is 85.8. The molecule has 4 rings (SSSR count). The Morgan fingerprint density at radius 2 is 1.51 bits per heavy atom. The van der Waals surface area contributed by atoms with Crippen molar-refractivity contribution < 1.29 is 26.0 Å². The minimum absolute atomic E-state index is 0.159. The summed E-state index contributed by atoms with van der Waals surface area (Å²) in [5, 5.41) is 0.681. The largest absolute Gasteiger partial charge is 0.406 e. The first kappa shape index (κ1) is 24.9. The third-order valence-electron chi connectivity index (χ3n) is 5.88. The summed E-state index contributed by atoms with van der Waals surface area (Å²) in [4.78, 5) is -0.159. The average molecular weight is 505 g/mol. The van der Waals surface area contributed by atoms with Gasteiger partial charge in [-0.25, -0.2) is 12.8 Å². The first-order chi connectivity index (χ1) is 16.4. The maximum atomic E-state index is 14.2. The summed E-state index contributed by atoms with van der Waals surface area (Å²) in [6.07, 6.45) is -4.87.